The minimum atomic E-state index is -0.795. The van der Waals surface area contributed by atoms with Crippen molar-refractivity contribution in [2.45, 2.75) is 329 Å². The molecule has 0 fully saturated rings. The Labute approximate surface area is 459 Å². The van der Waals surface area contributed by atoms with Crippen molar-refractivity contribution in [3.8, 4) is 0 Å². The second-order valence-electron chi connectivity index (χ2n) is 21.3. The Morgan fingerprint density at radius 2 is 0.527 bits per heavy atom. The van der Waals surface area contributed by atoms with Gasteiger partial charge in [-0.25, -0.2) is 0 Å². The van der Waals surface area contributed by atoms with Gasteiger partial charge in [0.25, 0.3) is 0 Å². The van der Waals surface area contributed by atoms with Gasteiger partial charge >= 0.3 is 17.9 Å². The van der Waals surface area contributed by atoms with E-state index in [1.54, 1.807) is 0 Å². The lowest BCUT2D eigenvalue weighted by atomic mass is 10.0. The molecule has 0 aromatic rings. The molecule has 0 heterocycles. The zero-order valence-electron chi connectivity index (χ0n) is 49.1. The van der Waals surface area contributed by atoms with E-state index in [9.17, 15) is 14.4 Å². The quantitative estimate of drug-likeness (QED) is 0.0261. The van der Waals surface area contributed by atoms with E-state index in [1.807, 2.05) is 0 Å². The second-order valence-corrected chi connectivity index (χ2v) is 21.3. The normalized spacial score (nSPS) is 12.5. The molecule has 0 aliphatic rings. The lowest BCUT2D eigenvalue weighted by molar-refractivity contribution is -0.167. The molecule has 6 heteroatoms. The number of unbranched alkanes of at least 4 members (excludes halogenated alkanes) is 35. The maximum Gasteiger partial charge on any atom is 0.306 e. The van der Waals surface area contributed by atoms with Crippen molar-refractivity contribution in [2.24, 2.45) is 0 Å². The van der Waals surface area contributed by atoms with Gasteiger partial charge in [-0.1, -0.05) is 306 Å². The summed E-state index contributed by atoms with van der Waals surface area (Å²) in [6.07, 6.45) is 81.0. The molecule has 0 saturated heterocycles. The van der Waals surface area contributed by atoms with Crippen molar-refractivity contribution in [3.05, 3.63) is 72.9 Å². The summed E-state index contributed by atoms with van der Waals surface area (Å²) in [5.41, 5.74) is 0. The van der Waals surface area contributed by atoms with Crippen LogP contribution in [0.5, 0.6) is 0 Å². The number of ether oxygens (including phenoxy) is 3. The minimum Gasteiger partial charge on any atom is -0.462 e. The molecule has 0 aromatic carbocycles. The summed E-state index contributed by atoms with van der Waals surface area (Å²) < 4.78 is 16.8. The van der Waals surface area contributed by atoms with E-state index in [2.05, 4.69) is 93.7 Å². The third kappa shape index (κ3) is 59.7. The Morgan fingerprint density at radius 1 is 0.284 bits per heavy atom. The molecular weight excluding hydrogens is 913 g/mol. The molecule has 0 bridgehead atoms. The first-order valence-corrected chi connectivity index (χ1v) is 31.9. The standard InChI is InChI=1S/C68H120O6/c1-4-7-10-13-16-18-20-22-24-26-28-30-31-32-33-34-35-36-38-39-41-43-45-47-49-52-55-58-61-67(70)73-64-65(63-72-66(69)60-57-54-51-15-12-9-6-3)74-68(71)62-59-56-53-50-48-46-44-42-40-37-29-27-25-23-21-19-17-14-11-8-5-2/h8,11,17,19,23,25,29,37,42,44,48,50,65H,4-7,9-10,12-16,18,20-22,24,26-28,30-36,38-41,43,45-47,49,51-64H2,1-3H3/b11-8-,19-17-,25-23-,37-29-,44-42-,50-48-. The average molecular weight is 1030 g/mol. The molecule has 0 saturated carbocycles. The summed E-state index contributed by atoms with van der Waals surface area (Å²) in [5.74, 6) is -0.928. The number of carbonyl (C=O) groups excluding carboxylic acids is 3. The predicted molar refractivity (Wildman–Crippen MR) is 321 cm³/mol. The maximum atomic E-state index is 12.8. The number of carbonyl (C=O) groups is 3. The van der Waals surface area contributed by atoms with Crippen molar-refractivity contribution >= 4 is 17.9 Å². The van der Waals surface area contributed by atoms with Crippen LogP contribution in [0.4, 0.5) is 0 Å². The van der Waals surface area contributed by atoms with Gasteiger partial charge in [0, 0.05) is 19.3 Å². The molecule has 0 radical (unpaired) electrons. The smallest absolute Gasteiger partial charge is 0.306 e. The Hall–Kier alpha value is -3.15. The summed E-state index contributed by atoms with van der Waals surface area (Å²) in [5, 5.41) is 0. The lowest BCUT2D eigenvalue weighted by Crippen LogP contribution is -2.30. The van der Waals surface area contributed by atoms with Crippen LogP contribution in [-0.2, 0) is 28.6 Å². The van der Waals surface area contributed by atoms with Gasteiger partial charge in [-0.2, -0.15) is 0 Å². The van der Waals surface area contributed by atoms with Crippen molar-refractivity contribution in [2.75, 3.05) is 13.2 Å². The van der Waals surface area contributed by atoms with Gasteiger partial charge in [0.1, 0.15) is 13.2 Å². The van der Waals surface area contributed by atoms with Gasteiger partial charge in [-0.05, 0) is 70.6 Å². The van der Waals surface area contributed by atoms with Gasteiger partial charge in [0.05, 0.1) is 0 Å². The van der Waals surface area contributed by atoms with Crippen LogP contribution in [0.25, 0.3) is 0 Å². The highest BCUT2D eigenvalue weighted by molar-refractivity contribution is 5.71. The molecule has 0 aromatic heterocycles. The molecule has 1 unspecified atom stereocenters. The van der Waals surface area contributed by atoms with E-state index < -0.39 is 6.10 Å². The Balaban J connectivity index is 4.13. The number of esters is 3. The van der Waals surface area contributed by atoms with Crippen LogP contribution in [0, 0.1) is 0 Å². The van der Waals surface area contributed by atoms with Crippen LogP contribution in [0.1, 0.15) is 323 Å². The van der Waals surface area contributed by atoms with Gasteiger partial charge in [0.15, 0.2) is 6.10 Å². The fraction of sp³-hybridized carbons (Fsp3) is 0.779. The van der Waals surface area contributed by atoms with E-state index >= 15 is 0 Å². The summed E-state index contributed by atoms with van der Waals surface area (Å²) >= 11 is 0. The van der Waals surface area contributed by atoms with Gasteiger partial charge in [-0.3, -0.25) is 14.4 Å². The number of allylic oxidation sites excluding steroid dienone is 12. The highest BCUT2D eigenvalue weighted by Crippen LogP contribution is 2.17. The Bertz CT molecular complexity index is 1370. The number of hydrogen-bond acceptors (Lipinski definition) is 6. The van der Waals surface area contributed by atoms with E-state index in [1.165, 1.54) is 186 Å². The van der Waals surface area contributed by atoms with Crippen LogP contribution in [0.15, 0.2) is 72.9 Å². The molecule has 0 N–H and O–H groups in total. The molecule has 0 spiro atoms. The highest BCUT2D eigenvalue weighted by Gasteiger charge is 2.19. The third-order valence-electron chi connectivity index (χ3n) is 14.0. The van der Waals surface area contributed by atoms with Gasteiger partial charge in [0.2, 0.25) is 0 Å². The first-order chi connectivity index (χ1) is 36.5. The number of rotatable bonds is 58. The molecule has 6 nitrogen and oxygen atoms in total. The van der Waals surface area contributed by atoms with Crippen molar-refractivity contribution < 1.29 is 28.6 Å². The average Bonchev–Trinajstić information content (AvgIpc) is 3.40. The Morgan fingerprint density at radius 3 is 0.824 bits per heavy atom. The van der Waals surface area contributed by atoms with E-state index in [4.69, 9.17) is 14.2 Å². The number of hydrogen-bond donors (Lipinski definition) is 0. The van der Waals surface area contributed by atoms with Crippen LogP contribution in [0.3, 0.4) is 0 Å². The van der Waals surface area contributed by atoms with Crippen LogP contribution >= 0.6 is 0 Å². The zero-order chi connectivity index (χ0) is 53.6. The maximum absolute atomic E-state index is 12.8. The fourth-order valence-electron chi connectivity index (χ4n) is 9.21. The van der Waals surface area contributed by atoms with Crippen molar-refractivity contribution in [1.82, 2.24) is 0 Å². The van der Waals surface area contributed by atoms with Gasteiger partial charge < -0.3 is 14.2 Å². The van der Waals surface area contributed by atoms with E-state index in [0.717, 1.165) is 89.9 Å². The second kappa shape index (κ2) is 62.4. The predicted octanol–water partition coefficient (Wildman–Crippen LogP) is 21.7. The summed E-state index contributed by atoms with van der Waals surface area (Å²) in [6.45, 7) is 6.48. The summed E-state index contributed by atoms with van der Waals surface area (Å²) in [7, 11) is 0. The summed E-state index contributed by atoms with van der Waals surface area (Å²) in [6, 6.07) is 0. The van der Waals surface area contributed by atoms with Crippen LogP contribution in [0.2, 0.25) is 0 Å². The van der Waals surface area contributed by atoms with E-state index in [0.29, 0.717) is 19.3 Å². The van der Waals surface area contributed by atoms with Crippen molar-refractivity contribution in [1.29, 1.82) is 0 Å². The molecule has 0 aliphatic carbocycles. The third-order valence-corrected chi connectivity index (χ3v) is 14.0. The first-order valence-electron chi connectivity index (χ1n) is 31.9. The first kappa shape index (κ1) is 70.8. The molecule has 0 aliphatic heterocycles. The Kier molecular flexibility index (Phi) is 59.7. The van der Waals surface area contributed by atoms with Gasteiger partial charge in [-0.15, -0.1) is 0 Å². The molecule has 1 atom stereocenters. The molecule has 74 heavy (non-hydrogen) atoms. The van der Waals surface area contributed by atoms with Crippen LogP contribution < -0.4 is 0 Å². The van der Waals surface area contributed by atoms with Crippen LogP contribution in [-0.4, -0.2) is 37.2 Å². The zero-order valence-corrected chi connectivity index (χ0v) is 49.1. The molecule has 0 amide bonds. The highest BCUT2D eigenvalue weighted by atomic mass is 16.6. The topological polar surface area (TPSA) is 78.9 Å². The minimum absolute atomic E-state index is 0.0899. The molecule has 428 valence electrons. The summed E-state index contributed by atoms with van der Waals surface area (Å²) in [4.78, 5) is 38.0. The molecule has 0 rings (SSSR count). The largest absolute Gasteiger partial charge is 0.462 e. The van der Waals surface area contributed by atoms with E-state index in [-0.39, 0.29) is 37.5 Å². The monoisotopic (exact) mass is 1030 g/mol. The lowest BCUT2D eigenvalue weighted by Gasteiger charge is -2.18. The fourth-order valence-corrected chi connectivity index (χ4v) is 9.21. The molecular formula is C68H120O6. The van der Waals surface area contributed by atoms with Crippen molar-refractivity contribution in [3.63, 3.8) is 0 Å². The SMILES string of the molecule is CC/C=C\C/C=C\C/C=C\C/C=C\C/C=C\C/C=C\CCCCC(=O)OC(COC(=O)CCCCCCCCC)COC(=O)CCCCCCCCCCCCCCCCCCCCCCCCCCCCCC.